The van der Waals surface area contributed by atoms with Crippen molar-refractivity contribution in [1.82, 2.24) is 15.1 Å². The van der Waals surface area contributed by atoms with Gasteiger partial charge >= 0.3 is 23.8 Å². The number of carbonyl (C=O) groups excluding carboxylic acids is 8. The summed E-state index contributed by atoms with van der Waals surface area (Å²) in [5.74, 6) is -9.37. The first-order chi connectivity index (χ1) is 44.7. The third kappa shape index (κ3) is 20.4. The summed E-state index contributed by atoms with van der Waals surface area (Å²) in [6, 6.07) is 5.01. The molecule has 95 heavy (non-hydrogen) atoms. The second-order valence-electron chi connectivity index (χ2n) is 25.8. The summed E-state index contributed by atoms with van der Waals surface area (Å²) in [6.07, 6.45) is 2.67. The van der Waals surface area contributed by atoms with Gasteiger partial charge in [0.25, 0.3) is 5.78 Å². The number of Topliss-reactive ketones (excluding diaryl/α,β-unsaturated/α-hetero) is 3. The molecular formula is C69H95N5O19P2. The molecule has 0 saturated carbocycles. The molecule has 3 amide bonds. The molecular weight excluding hydrogens is 1260 g/mol. The van der Waals surface area contributed by atoms with E-state index in [0.29, 0.717) is 39.6 Å². The number of ketones is 3. The number of methoxy groups -OCH3 is 1. The van der Waals surface area contributed by atoms with Gasteiger partial charge in [0.15, 0.2) is 28.5 Å². The maximum atomic E-state index is 14.9. The van der Waals surface area contributed by atoms with Crippen LogP contribution in [0, 0.1) is 36.5 Å². The number of anilines is 1. The van der Waals surface area contributed by atoms with Gasteiger partial charge in [-0.05, 0) is 108 Å². The first-order valence-corrected chi connectivity index (χ1v) is 33.8. The number of likely N-dealkylation sites (tertiary alicyclic amines) is 1. The van der Waals surface area contributed by atoms with Crippen molar-refractivity contribution in [2.45, 2.75) is 183 Å². The Balaban J connectivity index is 1.33. The minimum Gasteiger partial charge on any atom is -0.507 e. The van der Waals surface area contributed by atoms with Crippen LogP contribution in [0.1, 0.15) is 160 Å². The number of rotatable bonds is 33. The number of carbonyl (C=O) groups is 8. The highest BCUT2D eigenvalue weighted by molar-refractivity contribution is 7.44. The van der Waals surface area contributed by atoms with E-state index in [-0.39, 0.29) is 82.1 Å². The van der Waals surface area contributed by atoms with Gasteiger partial charge in [-0.2, -0.15) is 0 Å². The Kier molecular flexibility index (Phi) is 28.9. The molecule has 24 nitrogen and oxygen atoms in total. The average molecular weight is 1360 g/mol. The van der Waals surface area contributed by atoms with E-state index in [1.54, 1.807) is 97.9 Å². The summed E-state index contributed by atoms with van der Waals surface area (Å²) in [4.78, 5) is 116. The Morgan fingerprint density at radius 2 is 1.48 bits per heavy atom. The molecule has 0 spiro atoms. The van der Waals surface area contributed by atoms with Crippen LogP contribution >= 0.6 is 16.9 Å². The number of ether oxygens (including phenoxy) is 6. The number of benzene rings is 2. The zero-order valence-corrected chi connectivity index (χ0v) is 59.2. The number of nitrogens with one attached hydrogen (secondary N) is 2. The second-order valence-corrected chi connectivity index (χ2v) is 27.9. The quantitative estimate of drug-likeness (QED) is 0.0111. The molecule has 2 aliphatic heterocycles. The number of phenolic OH excluding ortho intramolecular Hbond substituents is 1. The van der Waals surface area contributed by atoms with E-state index in [9.17, 15) is 62.8 Å². The van der Waals surface area contributed by atoms with Gasteiger partial charge in [-0.1, -0.05) is 78.8 Å². The number of aromatic hydroxyl groups is 1. The molecule has 0 aromatic heterocycles. The maximum Gasteiger partial charge on any atom is 0.410 e. The molecule has 10 atom stereocenters. The zero-order chi connectivity index (χ0) is 71.0. The van der Waals surface area contributed by atoms with E-state index < -0.39 is 126 Å². The van der Waals surface area contributed by atoms with Crippen LogP contribution in [0.3, 0.4) is 0 Å². The SMILES string of the molecule is CCC(=O)OCOC(=O)N[C@@H](CCC(=O)Nc1ccc(CC(P=O)P=O)cc1)C(=O)N(C)CC(=O)O[C@H]([C@@H](C)[C@@H](O)[C@@H](C)[C@H](O)[C@H](C)[C@H](/C=C/O[C@@]1(C)Oc2c(C)c(O)c3c(c2C1=O)/C(=N/C1(C)CCN(CC(C)C)CC1)C(C)=C(C)C3=O)OC)[C@@H](C)/C=C/C=C(/C)C(C)=O. The van der Waals surface area contributed by atoms with E-state index in [4.69, 9.17) is 33.4 Å². The Bertz CT molecular complexity index is 3330. The largest absolute Gasteiger partial charge is 0.507 e. The molecule has 1 fully saturated rings. The van der Waals surface area contributed by atoms with Crippen LogP contribution in [0.2, 0.25) is 0 Å². The zero-order valence-electron chi connectivity index (χ0n) is 57.4. The number of hydrogen-bond acceptors (Lipinski definition) is 21. The van der Waals surface area contributed by atoms with Crippen LogP contribution in [0.15, 0.2) is 76.5 Å². The van der Waals surface area contributed by atoms with E-state index >= 15 is 0 Å². The van der Waals surface area contributed by atoms with E-state index in [1.807, 2.05) is 0 Å². The lowest BCUT2D eigenvalue weighted by Crippen LogP contribution is -2.50. The molecule has 1 aliphatic carbocycles. The topological polar surface area (TPSA) is 330 Å². The second kappa shape index (κ2) is 35.1. The van der Waals surface area contributed by atoms with Crippen LogP contribution in [-0.2, 0) is 63.2 Å². The number of hydrogen-bond donors (Lipinski definition) is 5. The lowest BCUT2D eigenvalue weighted by molar-refractivity contribution is -0.162. The van der Waals surface area contributed by atoms with Crippen LogP contribution in [0.25, 0.3) is 0 Å². The number of phenols is 1. The molecule has 2 heterocycles. The highest BCUT2D eigenvalue weighted by atomic mass is 31.1. The Morgan fingerprint density at radius 3 is 2.07 bits per heavy atom. The third-order valence-corrected chi connectivity index (χ3v) is 19.4. The predicted octanol–water partition coefficient (Wildman–Crippen LogP) is 9.97. The van der Waals surface area contributed by atoms with E-state index in [0.717, 1.165) is 37.4 Å². The molecule has 0 radical (unpaired) electrons. The first-order valence-electron chi connectivity index (χ1n) is 32.0. The van der Waals surface area contributed by atoms with Crippen LogP contribution in [-0.4, -0.2) is 172 Å². The molecule has 520 valence electrons. The van der Waals surface area contributed by atoms with Gasteiger partial charge in [0.05, 0.1) is 47.0 Å². The number of alkyl carbamates (subject to hydrolysis) is 1. The molecule has 3 aliphatic rings. The first kappa shape index (κ1) is 78.4. The van der Waals surface area contributed by atoms with Crippen molar-refractivity contribution in [2.75, 3.05) is 52.4 Å². The number of aliphatic hydroxyl groups excluding tert-OH is 2. The smallest absolute Gasteiger partial charge is 0.410 e. The number of aliphatic imine (C=N–C) groups is 1. The van der Waals surface area contributed by atoms with Gasteiger partial charge in [0.2, 0.25) is 18.6 Å². The standard InChI is InChI=1S/C69H95N5O19P2/c1-17-52(77)89-36-90-67(85)71-49(25-26-51(76)70-48-23-21-47(22-24-48)33-54(94-86)95-87)66(84)73(15)35-53(78)92-63(39(5)20-18-19-38(4)46(12)75)44(10)60(80)43(9)59(79)42(8)50(88-16)27-32-91-69(14)65(83)57-55-56(62(82)45(11)64(57)93-69)61(81)41(7)40(6)58(55)72-68(13)28-30-74(31-29-68)34-37(2)3/h18-24,27,32,37,39,42-44,49-50,54,59-60,63,79-80,82H,17,25-26,28-31,33-36H2,1-16H3,(H,70,76)(H,71,85)/b20-18+,32-27+,38-19-,72-58+/t39-,42+,43-,44-,49-,50-,59+,60-,63-,69-/m0/s1. The summed E-state index contributed by atoms with van der Waals surface area (Å²) in [5, 5.41) is 40.3. The van der Waals surface area contributed by atoms with Gasteiger partial charge in [-0.3, -0.25) is 47.7 Å². The number of aliphatic hydroxyl groups is 2. The van der Waals surface area contributed by atoms with Crippen molar-refractivity contribution in [1.29, 1.82) is 0 Å². The fraction of sp³-hybridized carbons (Fsp3) is 0.580. The fourth-order valence-electron chi connectivity index (χ4n) is 11.7. The fourth-order valence-corrected chi connectivity index (χ4v) is 12.4. The summed E-state index contributed by atoms with van der Waals surface area (Å²) in [7, 11) is 2.09. The van der Waals surface area contributed by atoms with Gasteiger partial charge in [0, 0.05) is 99.6 Å². The maximum absolute atomic E-state index is 14.9. The lowest BCUT2D eigenvalue weighted by Gasteiger charge is -2.38. The van der Waals surface area contributed by atoms with E-state index in [2.05, 4.69) is 36.3 Å². The molecule has 0 unspecified atom stereocenters. The molecule has 0 bridgehead atoms. The summed E-state index contributed by atoms with van der Waals surface area (Å²) in [6.45, 7) is 25.2. The van der Waals surface area contributed by atoms with Crippen molar-refractivity contribution < 1.29 is 91.2 Å². The number of esters is 2. The van der Waals surface area contributed by atoms with Crippen molar-refractivity contribution in [2.24, 2.45) is 34.6 Å². The minimum absolute atomic E-state index is 0.00440. The Hall–Kier alpha value is -7.33. The number of amides is 3. The number of piperidine rings is 1. The molecule has 2 aromatic rings. The van der Waals surface area contributed by atoms with E-state index in [1.165, 1.54) is 47.3 Å². The molecule has 2 aromatic carbocycles. The number of fused-ring (bicyclic) bond motifs is 3. The third-order valence-electron chi connectivity index (χ3n) is 18.0. The van der Waals surface area contributed by atoms with Crippen molar-refractivity contribution in [3.63, 3.8) is 0 Å². The van der Waals surface area contributed by atoms with Gasteiger partial charge in [-0.25, -0.2) is 4.79 Å². The molecule has 5 N–H and O–H groups in total. The number of nitrogens with zero attached hydrogens (tertiary/aromatic N) is 3. The van der Waals surface area contributed by atoms with Crippen molar-refractivity contribution >= 4 is 75.5 Å². The lowest BCUT2D eigenvalue weighted by atomic mass is 9.78. The van der Waals surface area contributed by atoms with Gasteiger partial charge in [0.1, 0.15) is 35.6 Å². The molecule has 5 rings (SSSR count). The Morgan fingerprint density at radius 1 is 0.853 bits per heavy atom. The normalized spacial score (nSPS) is 20.2. The number of allylic oxidation sites excluding steroid dienone is 5. The molecule has 1 saturated heterocycles. The predicted molar refractivity (Wildman–Crippen MR) is 357 cm³/mol. The van der Waals surface area contributed by atoms with Crippen LogP contribution < -0.4 is 15.4 Å². The summed E-state index contributed by atoms with van der Waals surface area (Å²) < 4.78 is 56.8. The highest BCUT2D eigenvalue weighted by Gasteiger charge is 2.52. The summed E-state index contributed by atoms with van der Waals surface area (Å²) in [5.41, 5.74) is 2.80. The highest BCUT2D eigenvalue weighted by Crippen LogP contribution is 2.49. The Labute approximate surface area is 560 Å². The van der Waals surface area contributed by atoms with Gasteiger partial charge in [-0.15, -0.1) is 0 Å². The average Bonchev–Trinajstić information content (AvgIpc) is 1.63. The summed E-state index contributed by atoms with van der Waals surface area (Å²) >= 11 is 0. The minimum atomic E-state index is -2.01. The number of likely N-dealkylation sites (N-methyl/N-ethyl adjacent to an activating group) is 1. The van der Waals surface area contributed by atoms with Gasteiger partial charge < -0.3 is 64.2 Å². The monoisotopic (exact) mass is 1360 g/mol. The molecule has 26 heteroatoms. The van der Waals surface area contributed by atoms with Crippen molar-refractivity contribution in [3.05, 3.63) is 99.4 Å². The van der Waals surface area contributed by atoms with Crippen molar-refractivity contribution in [3.8, 4) is 11.5 Å². The van der Waals surface area contributed by atoms with Crippen LogP contribution in [0.4, 0.5) is 10.5 Å². The van der Waals surface area contributed by atoms with Crippen LogP contribution in [0.5, 0.6) is 11.5 Å².